The first-order valence-corrected chi connectivity index (χ1v) is 12.4. The van der Waals surface area contributed by atoms with Crippen molar-refractivity contribution in [2.24, 2.45) is 11.7 Å². The summed E-state index contributed by atoms with van der Waals surface area (Å²) in [7, 11) is 2.68. The highest BCUT2D eigenvalue weighted by Gasteiger charge is 2.41. The van der Waals surface area contributed by atoms with E-state index >= 15 is 0 Å². The lowest BCUT2D eigenvalue weighted by Crippen LogP contribution is -2.43. The molecule has 4 N–H and O–H groups in total. The van der Waals surface area contributed by atoms with E-state index in [4.69, 9.17) is 10.8 Å². The molecule has 168 valence electrons. The van der Waals surface area contributed by atoms with Crippen LogP contribution in [0.1, 0.15) is 30.9 Å². The summed E-state index contributed by atoms with van der Waals surface area (Å²) in [6.45, 7) is 0.727. The average molecular weight is 469 g/mol. The number of carbonyl (C=O) groups excluding carboxylic acids is 1. The zero-order chi connectivity index (χ0) is 22.5. The molecule has 3 rings (SSSR count). The van der Waals surface area contributed by atoms with Crippen molar-refractivity contribution in [1.82, 2.24) is 4.90 Å². The van der Waals surface area contributed by atoms with Gasteiger partial charge in [0.05, 0.1) is 6.04 Å². The molecule has 3 atom stereocenters. The SMILES string of the molecule is N[C@@H](CSS[C@H]1CCN([C@@H](C(=O)C2CC2)c2ccccc2F)C/C1=C/C(=O)O)C(=O)O. The first-order chi connectivity index (χ1) is 14.8. The van der Waals surface area contributed by atoms with Crippen molar-refractivity contribution in [3.8, 4) is 0 Å². The minimum atomic E-state index is -1.09. The first kappa shape index (κ1) is 23.8. The number of carboxylic acid groups (broad SMARTS) is 2. The predicted octanol–water partition coefficient (Wildman–Crippen LogP) is 2.72. The molecule has 7 nitrogen and oxygen atoms in total. The van der Waals surface area contributed by atoms with Gasteiger partial charge in [0.25, 0.3) is 0 Å². The number of aliphatic carboxylic acids is 2. The number of piperidine rings is 1. The Morgan fingerprint density at radius 3 is 2.55 bits per heavy atom. The molecule has 0 spiro atoms. The van der Waals surface area contributed by atoms with Crippen molar-refractivity contribution in [1.29, 1.82) is 0 Å². The molecule has 2 aliphatic rings. The lowest BCUT2D eigenvalue weighted by atomic mass is 9.93. The summed E-state index contributed by atoms with van der Waals surface area (Å²) < 4.78 is 14.6. The van der Waals surface area contributed by atoms with Crippen LogP contribution in [0.4, 0.5) is 4.39 Å². The quantitative estimate of drug-likeness (QED) is 0.351. The molecule has 31 heavy (non-hydrogen) atoms. The molecule has 0 radical (unpaired) electrons. The summed E-state index contributed by atoms with van der Waals surface area (Å²) in [4.78, 5) is 37.2. The number of ketones is 1. The van der Waals surface area contributed by atoms with Gasteiger partial charge < -0.3 is 15.9 Å². The van der Waals surface area contributed by atoms with Crippen molar-refractivity contribution >= 4 is 39.3 Å². The number of carbonyl (C=O) groups is 3. The lowest BCUT2D eigenvalue weighted by molar-refractivity contribution is -0.138. The molecule has 1 aromatic rings. The van der Waals surface area contributed by atoms with Gasteiger partial charge >= 0.3 is 11.9 Å². The highest BCUT2D eigenvalue weighted by atomic mass is 33.1. The van der Waals surface area contributed by atoms with Gasteiger partial charge in [0.1, 0.15) is 11.9 Å². The molecule has 1 heterocycles. The van der Waals surface area contributed by atoms with E-state index < -0.39 is 29.8 Å². The number of hydrogen-bond acceptors (Lipinski definition) is 7. The number of nitrogens with two attached hydrogens (primary N) is 1. The van der Waals surface area contributed by atoms with Gasteiger partial charge in [-0.3, -0.25) is 14.5 Å². The van der Waals surface area contributed by atoms with Crippen LogP contribution in [-0.2, 0) is 14.4 Å². The van der Waals surface area contributed by atoms with Crippen molar-refractivity contribution < 1.29 is 29.0 Å². The Kier molecular flexibility index (Phi) is 8.15. The number of Topliss-reactive ketones (excluding diaryl/α,β-unsaturated/α-hetero) is 1. The normalized spacial score (nSPS) is 22.8. The molecule has 1 aliphatic heterocycles. The second-order valence-corrected chi connectivity index (χ2v) is 10.3. The van der Waals surface area contributed by atoms with E-state index in [1.165, 1.54) is 27.7 Å². The summed E-state index contributed by atoms with van der Waals surface area (Å²) in [6, 6.07) is 4.49. The third-order valence-electron chi connectivity index (χ3n) is 5.35. The van der Waals surface area contributed by atoms with Gasteiger partial charge in [-0.25, -0.2) is 9.18 Å². The average Bonchev–Trinajstić information content (AvgIpc) is 3.55. The maximum Gasteiger partial charge on any atom is 0.328 e. The van der Waals surface area contributed by atoms with Gasteiger partial charge in [-0.1, -0.05) is 39.8 Å². The molecule has 0 aromatic heterocycles. The van der Waals surface area contributed by atoms with Crippen LogP contribution in [0.5, 0.6) is 0 Å². The molecule has 0 bridgehead atoms. The van der Waals surface area contributed by atoms with Crippen LogP contribution in [-0.4, -0.2) is 63.0 Å². The number of carboxylic acids is 2. The zero-order valence-electron chi connectivity index (χ0n) is 16.8. The Hall–Kier alpha value is -1.88. The summed E-state index contributed by atoms with van der Waals surface area (Å²) in [6.07, 6.45) is 3.30. The van der Waals surface area contributed by atoms with Crippen LogP contribution < -0.4 is 5.73 Å². The number of nitrogens with zero attached hydrogens (tertiary/aromatic N) is 1. The van der Waals surface area contributed by atoms with Crippen LogP contribution in [0.15, 0.2) is 35.9 Å². The van der Waals surface area contributed by atoms with Gasteiger partial charge in [-0.05, 0) is 30.9 Å². The van der Waals surface area contributed by atoms with Crippen LogP contribution in [0, 0.1) is 11.7 Å². The Morgan fingerprint density at radius 2 is 1.94 bits per heavy atom. The lowest BCUT2D eigenvalue weighted by Gasteiger charge is -2.38. The van der Waals surface area contributed by atoms with Gasteiger partial charge in [0.2, 0.25) is 0 Å². The van der Waals surface area contributed by atoms with Crippen molar-refractivity contribution in [2.45, 2.75) is 36.6 Å². The minimum Gasteiger partial charge on any atom is -0.480 e. The van der Waals surface area contributed by atoms with Crippen molar-refractivity contribution in [3.63, 3.8) is 0 Å². The number of halogens is 1. The fourth-order valence-corrected chi connectivity index (χ4v) is 6.42. The van der Waals surface area contributed by atoms with Crippen LogP contribution in [0.25, 0.3) is 0 Å². The minimum absolute atomic E-state index is 0.0207. The second kappa shape index (κ2) is 10.6. The summed E-state index contributed by atoms with van der Waals surface area (Å²) in [5.41, 5.74) is 6.47. The molecule has 0 unspecified atom stereocenters. The topological polar surface area (TPSA) is 121 Å². The van der Waals surface area contributed by atoms with Gasteiger partial charge in [0.15, 0.2) is 5.78 Å². The van der Waals surface area contributed by atoms with Crippen LogP contribution in [0.2, 0.25) is 0 Å². The number of rotatable bonds is 10. The Balaban J connectivity index is 1.77. The third kappa shape index (κ3) is 6.31. The van der Waals surface area contributed by atoms with Crippen molar-refractivity contribution in [2.75, 3.05) is 18.8 Å². The van der Waals surface area contributed by atoms with E-state index in [-0.39, 0.29) is 29.2 Å². The van der Waals surface area contributed by atoms with E-state index in [1.807, 2.05) is 4.90 Å². The Labute approximate surface area is 187 Å². The molecule has 1 aliphatic carbocycles. The summed E-state index contributed by atoms with van der Waals surface area (Å²) in [5, 5.41) is 18.1. The molecule has 0 amide bonds. The molecular weight excluding hydrogens is 443 g/mol. The van der Waals surface area contributed by atoms with Crippen LogP contribution in [0.3, 0.4) is 0 Å². The molecular formula is C21H25FN2O5S2. The maximum atomic E-state index is 14.6. The predicted molar refractivity (Wildman–Crippen MR) is 118 cm³/mol. The largest absolute Gasteiger partial charge is 0.480 e. The Bertz CT molecular complexity index is 877. The zero-order valence-corrected chi connectivity index (χ0v) is 18.4. The molecule has 1 saturated heterocycles. The number of benzene rings is 1. The summed E-state index contributed by atoms with van der Waals surface area (Å²) in [5.74, 6) is -2.52. The number of hydrogen-bond donors (Lipinski definition) is 3. The van der Waals surface area contributed by atoms with E-state index in [9.17, 15) is 23.9 Å². The highest BCUT2D eigenvalue weighted by molar-refractivity contribution is 8.77. The van der Waals surface area contributed by atoms with E-state index in [0.717, 1.165) is 18.9 Å². The molecule has 10 heteroatoms. The van der Waals surface area contributed by atoms with Crippen LogP contribution >= 0.6 is 21.6 Å². The molecule has 2 fully saturated rings. The van der Waals surface area contributed by atoms with E-state index in [2.05, 4.69) is 0 Å². The smallest absolute Gasteiger partial charge is 0.328 e. The monoisotopic (exact) mass is 468 g/mol. The van der Waals surface area contributed by atoms with E-state index in [1.54, 1.807) is 18.2 Å². The fraction of sp³-hybridized carbons (Fsp3) is 0.476. The number of likely N-dealkylation sites (tertiary alicyclic amines) is 1. The maximum absolute atomic E-state index is 14.6. The van der Waals surface area contributed by atoms with Gasteiger partial charge in [0, 0.05) is 41.6 Å². The highest BCUT2D eigenvalue weighted by Crippen LogP contribution is 2.42. The van der Waals surface area contributed by atoms with Gasteiger partial charge in [-0.2, -0.15) is 0 Å². The Morgan fingerprint density at radius 1 is 1.23 bits per heavy atom. The first-order valence-electron chi connectivity index (χ1n) is 10.00. The fourth-order valence-electron chi connectivity index (χ4n) is 3.60. The van der Waals surface area contributed by atoms with Gasteiger partial charge in [-0.15, -0.1) is 0 Å². The molecule has 1 aromatic carbocycles. The standard InChI is InChI=1S/C21H25FN2O5S2/c22-15-4-2-1-3-14(15)19(20(27)12-5-6-12)24-8-7-17(13(10-24)9-18(25)26)31-30-11-16(23)21(28)29/h1-4,9,12,16-17,19H,5-8,10-11,23H2,(H,25,26)(H,28,29)/b13-9-/t16-,17-,19+/m0/s1. The third-order valence-corrected chi connectivity index (χ3v) is 8.27. The van der Waals surface area contributed by atoms with Crippen molar-refractivity contribution in [3.05, 3.63) is 47.3 Å². The molecule has 1 saturated carbocycles. The second-order valence-electron chi connectivity index (χ2n) is 7.73. The van der Waals surface area contributed by atoms with E-state index in [0.29, 0.717) is 24.1 Å². The summed E-state index contributed by atoms with van der Waals surface area (Å²) >= 11 is 0.